The van der Waals surface area contributed by atoms with Gasteiger partial charge in [0.25, 0.3) is 0 Å². The highest BCUT2D eigenvalue weighted by atomic mass is 19.4. The average Bonchev–Trinajstić information content (AvgIpc) is 2.76. The number of rotatable bonds is 3. The third-order valence-corrected chi connectivity index (χ3v) is 2.33. The van der Waals surface area contributed by atoms with Crippen LogP contribution in [0.1, 0.15) is 22.8 Å². The van der Waals surface area contributed by atoms with E-state index in [2.05, 4.69) is 10.1 Å². The van der Waals surface area contributed by atoms with Crippen molar-refractivity contribution in [3.8, 4) is 0 Å². The number of nitrogens with two attached hydrogens (primary N) is 1. The van der Waals surface area contributed by atoms with Crippen LogP contribution in [-0.2, 0) is 19.1 Å². The van der Waals surface area contributed by atoms with Gasteiger partial charge in [0, 0.05) is 6.42 Å². The highest BCUT2D eigenvalue weighted by Gasteiger charge is 2.29. The van der Waals surface area contributed by atoms with Crippen LogP contribution in [0.15, 0.2) is 28.8 Å². The molecule has 0 aliphatic heterocycles. The molecule has 0 unspecified atom stereocenters. The van der Waals surface area contributed by atoms with E-state index in [1.54, 1.807) is 0 Å². The van der Waals surface area contributed by atoms with Crippen molar-refractivity contribution >= 4 is 0 Å². The van der Waals surface area contributed by atoms with E-state index in [1.165, 1.54) is 12.1 Å². The number of alkyl halides is 3. The highest BCUT2D eigenvalue weighted by molar-refractivity contribution is 5.26. The van der Waals surface area contributed by atoms with Crippen LogP contribution in [-0.4, -0.2) is 10.1 Å². The molecular weight excluding hydrogens is 247 g/mol. The molecule has 0 spiro atoms. The Hall–Kier alpha value is -1.89. The molecule has 2 aromatic rings. The summed E-state index contributed by atoms with van der Waals surface area (Å²) in [5.41, 5.74) is 5.30. The second-order valence-corrected chi connectivity index (χ2v) is 3.68. The first-order valence-corrected chi connectivity index (χ1v) is 5.16. The highest BCUT2D eigenvalue weighted by Crippen LogP contribution is 2.29. The predicted octanol–water partition coefficient (Wildman–Crippen LogP) is 2.14. The van der Waals surface area contributed by atoms with Gasteiger partial charge in [0.1, 0.15) is 0 Å². The van der Waals surface area contributed by atoms with E-state index in [9.17, 15) is 13.2 Å². The molecule has 0 saturated carbocycles. The van der Waals surface area contributed by atoms with Gasteiger partial charge in [0.15, 0.2) is 5.82 Å². The number of hydrogen-bond donors (Lipinski definition) is 1. The van der Waals surface area contributed by atoms with Crippen molar-refractivity contribution < 1.29 is 17.7 Å². The summed E-state index contributed by atoms with van der Waals surface area (Å²) in [5.74, 6) is 0.701. The Labute approximate surface area is 101 Å². The standard InChI is InChI=1S/C11H10F3N3O/c12-11(13,14)8-3-1-7(2-4-8)5-9-16-10(6-15)18-17-9/h1-4H,5-6,15H2. The zero-order chi connectivity index (χ0) is 13.2. The molecule has 0 fully saturated rings. The first-order valence-electron chi connectivity index (χ1n) is 5.16. The molecule has 96 valence electrons. The van der Waals surface area contributed by atoms with Crippen LogP contribution in [0.3, 0.4) is 0 Å². The van der Waals surface area contributed by atoms with Crippen molar-refractivity contribution in [2.75, 3.05) is 0 Å². The number of nitrogens with zero attached hydrogens (tertiary/aromatic N) is 2. The lowest BCUT2D eigenvalue weighted by atomic mass is 10.1. The first kappa shape index (κ1) is 12.6. The lowest BCUT2D eigenvalue weighted by Crippen LogP contribution is -2.04. The molecule has 0 atom stereocenters. The van der Waals surface area contributed by atoms with Gasteiger partial charge in [-0.2, -0.15) is 18.2 Å². The molecule has 0 aliphatic rings. The Bertz CT molecular complexity index is 519. The molecule has 0 amide bonds. The van der Waals surface area contributed by atoms with Gasteiger partial charge < -0.3 is 10.3 Å². The van der Waals surface area contributed by atoms with E-state index in [1.807, 2.05) is 0 Å². The Kier molecular flexibility index (Phi) is 3.33. The smallest absolute Gasteiger partial charge is 0.338 e. The van der Waals surface area contributed by atoms with Crippen molar-refractivity contribution in [1.29, 1.82) is 0 Å². The van der Waals surface area contributed by atoms with Gasteiger partial charge in [-0.25, -0.2) is 0 Å². The van der Waals surface area contributed by atoms with E-state index in [0.717, 1.165) is 12.1 Å². The topological polar surface area (TPSA) is 64.9 Å². The van der Waals surface area contributed by atoms with Gasteiger partial charge in [0.05, 0.1) is 12.1 Å². The summed E-state index contributed by atoms with van der Waals surface area (Å²) < 4.78 is 41.8. The van der Waals surface area contributed by atoms with Gasteiger partial charge in [-0.15, -0.1) is 0 Å². The van der Waals surface area contributed by atoms with Crippen LogP contribution >= 0.6 is 0 Å². The molecular formula is C11H10F3N3O. The minimum atomic E-state index is -4.32. The molecule has 4 nitrogen and oxygen atoms in total. The van der Waals surface area contributed by atoms with Gasteiger partial charge in [-0.05, 0) is 17.7 Å². The average molecular weight is 257 g/mol. The third kappa shape index (κ3) is 2.86. The van der Waals surface area contributed by atoms with E-state index >= 15 is 0 Å². The van der Waals surface area contributed by atoms with Gasteiger partial charge in [-0.1, -0.05) is 17.3 Å². The van der Waals surface area contributed by atoms with Crippen molar-refractivity contribution in [3.05, 3.63) is 47.1 Å². The van der Waals surface area contributed by atoms with Crippen LogP contribution in [0, 0.1) is 0 Å². The molecule has 1 aromatic heterocycles. The fraction of sp³-hybridized carbons (Fsp3) is 0.273. The van der Waals surface area contributed by atoms with Gasteiger partial charge >= 0.3 is 6.18 Å². The van der Waals surface area contributed by atoms with Crippen LogP contribution in [0.5, 0.6) is 0 Å². The first-order chi connectivity index (χ1) is 8.49. The molecule has 1 heterocycles. The maximum absolute atomic E-state index is 12.3. The van der Waals surface area contributed by atoms with E-state index < -0.39 is 11.7 Å². The van der Waals surface area contributed by atoms with Crippen LogP contribution in [0.4, 0.5) is 13.2 Å². The monoisotopic (exact) mass is 257 g/mol. The van der Waals surface area contributed by atoms with Crippen LogP contribution in [0.2, 0.25) is 0 Å². The Morgan fingerprint density at radius 3 is 2.33 bits per heavy atom. The summed E-state index contributed by atoms with van der Waals surface area (Å²) in [5, 5.41) is 3.67. The summed E-state index contributed by atoms with van der Waals surface area (Å²) in [4.78, 5) is 3.97. The van der Waals surface area contributed by atoms with Crippen molar-refractivity contribution in [3.63, 3.8) is 0 Å². The molecule has 0 bridgehead atoms. The fourth-order valence-electron chi connectivity index (χ4n) is 1.44. The van der Waals surface area contributed by atoms with Crippen LogP contribution in [0.25, 0.3) is 0 Å². The summed E-state index contributed by atoms with van der Waals surface area (Å²) in [6.45, 7) is 0.139. The largest absolute Gasteiger partial charge is 0.416 e. The summed E-state index contributed by atoms with van der Waals surface area (Å²) in [6.07, 6.45) is -4.01. The zero-order valence-electron chi connectivity index (χ0n) is 9.24. The quantitative estimate of drug-likeness (QED) is 0.914. The number of hydrogen-bond acceptors (Lipinski definition) is 4. The SMILES string of the molecule is NCc1nc(Cc2ccc(C(F)(F)F)cc2)no1. The van der Waals surface area contributed by atoms with Gasteiger partial charge in [0.2, 0.25) is 5.89 Å². The Morgan fingerprint density at radius 1 is 1.17 bits per heavy atom. The molecule has 2 rings (SSSR count). The predicted molar refractivity (Wildman–Crippen MR) is 56.4 cm³/mol. The van der Waals surface area contributed by atoms with Crippen LogP contribution < -0.4 is 5.73 Å². The van der Waals surface area contributed by atoms with Gasteiger partial charge in [-0.3, -0.25) is 0 Å². The fourth-order valence-corrected chi connectivity index (χ4v) is 1.44. The maximum atomic E-state index is 12.3. The zero-order valence-corrected chi connectivity index (χ0v) is 9.24. The lowest BCUT2D eigenvalue weighted by molar-refractivity contribution is -0.137. The molecule has 18 heavy (non-hydrogen) atoms. The second-order valence-electron chi connectivity index (χ2n) is 3.68. The Morgan fingerprint density at radius 2 is 1.83 bits per heavy atom. The molecule has 0 saturated heterocycles. The summed E-state index contributed by atoms with van der Waals surface area (Å²) in [6, 6.07) is 4.83. The van der Waals surface area contributed by atoms with Crippen molar-refractivity contribution in [1.82, 2.24) is 10.1 Å². The number of halogens is 3. The molecule has 1 aromatic carbocycles. The van der Waals surface area contributed by atoms with Crippen molar-refractivity contribution in [2.24, 2.45) is 5.73 Å². The number of aromatic nitrogens is 2. The summed E-state index contributed by atoms with van der Waals surface area (Å²) >= 11 is 0. The Balaban J connectivity index is 2.11. The lowest BCUT2D eigenvalue weighted by Gasteiger charge is -2.06. The number of benzene rings is 1. The summed E-state index contributed by atoms with van der Waals surface area (Å²) in [7, 11) is 0. The molecule has 7 heteroatoms. The second kappa shape index (κ2) is 4.77. The molecule has 0 aliphatic carbocycles. The maximum Gasteiger partial charge on any atom is 0.416 e. The van der Waals surface area contributed by atoms with E-state index in [0.29, 0.717) is 23.7 Å². The van der Waals surface area contributed by atoms with Crippen molar-refractivity contribution in [2.45, 2.75) is 19.1 Å². The van der Waals surface area contributed by atoms with E-state index in [4.69, 9.17) is 10.3 Å². The minimum absolute atomic E-state index is 0.139. The minimum Gasteiger partial charge on any atom is -0.338 e. The normalized spacial score (nSPS) is 11.8. The van der Waals surface area contributed by atoms with E-state index in [-0.39, 0.29) is 6.54 Å². The molecule has 0 radical (unpaired) electrons. The third-order valence-electron chi connectivity index (χ3n) is 2.33. The molecule has 2 N–H and O–H groups in total.